The fourth-order valence-electron chi connectivity index (χ4n) is 3.89. The molecule has 4 aromatic rings. The Morgan fingerprint density at radius 3 is 2.54 bits per heavy atom. The number of hydrogen-bond donors (Lipinski definition) is 2. The molecule has 0 aliphatic carbocycles. The van der Waals surface area contributed by atoms with Gasteiger partial charge in [0.05, 0.1) is 31.6 Å². The average molecular weight is 503 g/mol. The maximum absolute atomic E-state index is 12.5. The maximum atomic E-state index is 12.5. The normalized spacial score (nSPS) is 11.1. The molecule has 0 saturated carbocycles. The quantitative estimate of drug-likeness (QED) is 0.261. The minimum Gasteiger partial charge on any atom is -0.477 e. The Morgan fingerprint density at radius 1 is 1.05 bits per heavy atom. The van der Waals surface area contributed by atoms with Crippen molar-refractivity contribution in [3.63, 3.8) is 0 Å². The summed E-state index contributed by atoms with van der Waals surface area (Å²) < 4.78 is 12.9. The van der Waals surface area contributed by atoms with E-state index in [1.807, 2.05) is 56.3 Å². The van der Waals surface area contributed by atoms with E-state index in [1.54, 1.807) is 12.1 Å². The van der Waals surface area contributed by atoms with E-state index in [4.69, 9.17) is 9.15 Å². The monoisotopic (exact) mass is 502 g/mol. The highest BCUT2D eigenvalue weighted by Gasteiger charge is 2.18. The van der Waals surface area contributed by atoms with Crippen LogP contribution in [0.25, 0.3) is 22.7 Å². The number of nitrogens with one attached hydrogen (secondary N) is 1. The molecule has 2 aromatic heterocycles. The van der Waals surface area contributed by atoms with Crippen molar-refractivity contribution in [2.75, 3.05) is 6.61 Å². The van der Waals surface area contributed by atoms with E-state index in [0.29, 0.717) is 42.5 Å². The Kier molecular flexibility index (Phi) is 8.48. The van der Waals surface area contributed by atoms with Gasteiger partial charge in [0.15, 0.2) is 0 Å². The lowest BCUT2D eigenvalue weighted by Gasteiger charge is -2.12. The van der Waals surface area contributed by atoms with Crippen molar-refractivity contribution >= 4 is 11.9 Å². The molecular formula is C28H30N4O5. The molecule has 0 unspecified atom stereocenters. The molecule has 9 nitrogen and oxygen atoms in total. The molecule has 0 spiro atoms. The fraction of sp³-hybridized carbons (Fsp3) is 0.286. The molecule has 192 valence electrons. The number of benzene rings is 2. The van der Waals surface area contributed by atoms with Gasteiger partial charge in [0.25, 0.3) is 5.91 Å². The first-order chi connectivity index (χ1) is 18.0. The predicted molar refractivity (Wildman–Crippen MR) is 138 cm³/mol. The molecule has 2 aromatic carbocycles. The zero-order valence-corrected chi connectivity index (χ0v) is 20.9. The maximum Gasteiger partial charge on any atom is 0.354 e. The molecule has 0 aliphatic rings. The summed E-state index contributed by atoms with van der Waals surface area (Å²) in [6.45, 7) is 5.08. The molecule has 9 heteroatoms. The third-order valence-electron chi connectivity index (χ3n) is 6.01. The number of amides is 1. The molecule has 0 saturated heterocycles. The Hall–Kier alpha value is -4.24. The Labute approximate surface area is 215 Å². The van der Waals surface area contributed by atoms with E-state index in [0.717, 1.165) is 18.4 Å². The molecule has 2 heterocycles. The van der Waals surface area contributed by atoms with Gasteiger partial charge in [0.2, 0.25) is 11.7 Å². The SMILES string of the molecule is CCC(CC)NC(=O)c1cnc(-c2cccc(-c3cc(C(=O)O)n(CCOCc4ccccc4)n3)c2)o1. The lowest BCUT2D eigenvalue weighted by Crippen LogP contribution is -2.33. The third kappa shape index (κ3) is 6.50. The number of ether oxygens (including phenoxy) is 1. The number of nitrogens with zero attached hydrogens (tertiary/aromatic N) is 3. The number of aromatic carboxylic acids is 1. The Balaban J connectivity index is 1.47. The van der Waals surface area contributed by atoms with Gasteiger partial charge in [-0.05, 0) is 36.6 Å². The first-order valence-electron chi connectivity index (χ1n) is 12.3. The third-order valence-corrected chi connectivity index (χ3v) is 6.01. The van der Waals surface area contributed by atoms with E-state index in [9.17, 15) is 14.7 Å². The van der Waals surface area contributed by atoms with Crippen LogP contribution >= 0.6 is 0 Å². The van der Waals surface area contributed by atoms with Gasteiger partial charge in [0, 0.05) is 17.2 Å². The van der Waals surface area contributed by atoms with Crippen LogP contribution in [0.5, 0.6) is 0 Å². The molecular weight excluding hydrogens is 472 g/mol. The Morgan fingerprint density at radius 2 is 1.81 bits per heavy atom. The number of oxazole rings is 1. The minimum atomic E-state index is -1.07. The lowest BCUT2D eigenvalue weighted by atomic mass is 10.1. The topological polar surface area (TPSA) is 119 Å². The van der Waals surface area contributed by atoms with Gasteiger partial charge in [0.1, 0.15) is 5.69 Å². The van der Waals surface area contributed by atoms with Crippen LogP contribution < -0.4 is 5.32 Å². The molecule has 0 atom stereocenters. The van der Waals surface area contributed by atoms with Gasteiger partial charge in [-0.1, -0.05) is 56.3 Å². The summed E-state index contributed by atoms with van der Waals surface area (Å²) >= 11 is 0. The zero-order chi connectivity index (χ0) is 26.2. The van der Waals surface area contributed by atoms with Crippen LogP contribution in [0.2, 0.25) is 0 Å². The van der Waals surface area contributed by atoms with Crippen molar-refractivity contribution < 1.29 is 23.8 Å². The molecule has 1 amide bonds. The van der Waals surface area contributed by atoms with Crippen molar-refractivity contribution in [1.82, 2.24) is 20.1 Å². The van der Waals surface area contributed by atoms with Gasteiger partial charge in [-0.15, -0.1) is 0 Å². The number of aromatic nitrogens is 3. The van der Waals surface area contributed by atoms with Gasteiger partial charge < -0.3 is 19.6 Å². The molecule has 0 fully saturated rings. The second-order valence-corrected chi connectivity index (χ2v) is 8.58. The highest BCUT2D eigenvalue weighted by atomic mass is 16.5. The molecule has 0 bridgehead atoms. The Bertz CT molecular complexity index is 1340. The molecule has 0 radical (unpaired) electrons. The molecule has 0 aliphatic heterocycles. The lowest BCUT2D eigenvalue weighted by molar-refractivity contribution is 0.0674. The summed E-state index contributed by atoms with van der Waals surface area (Å²) in [5.74, 6) is -0.939. The van der Waals surface area contributed by atoms with Crippen LogP contribution in [0, 0.1) is 0 Å². The molecule has 2 N–H and O–H groups in total. The van der Waals surface area contributed by atoms with Crippen molar-refractivity contribution in [1.29, 1.82) is 0 Å². The highest BCUT2D eigenvalue weighted by molar-refractivity contribution is 5.91. The highest BCUT2D eigenvalue weighted by Crippen LogP contribution is 2.26. The number of carbonyl (C=O) groups is 2. The standard InChI is InChI=1S/C28H30N4O5/c1-3-22(4-2)30-26(33)25-17-29-27(37-25)21-12-8-11-20(15-21)23-16-24(28(34)35)32(31-23)13-14-36-18-19-9-6-5-7-10-19/h5-12,15-17,22H,3-4,13-14,18H2,1-2H3,(H,30,33)(H,34,35). The van der Waals surface area contributed by atoms with Gasteiger partial charge in [-0.25, -0.2) is 9.78 Å². The number of hydrogen-bond acceptors (Lipinski definition) is 6. The first-order valence-corrected chi connectivity index (χ1v) is 12.3. The van der Waals surface area contributed by atoms with Crippen LogP contribution in [0.1, 0.15) is 53.3 Å². The summed E-state index contributed by atoms with van der Waals surface area (Å²) in [5.41, 5.74) is 2.96. The molecule has 37 heavy (non-hydrogen) atoms. The van der Waals surface area contributed by atoms with Crippen molar-refractivity contribution in [2.24, 2.45) is 0 Å². The van der Waals surface area contributed by atoms with Gasteiger partial charge in [-0.2, -0.15) is 5.10 Å². The predicted octanol–water partition coefficient (Wildman–Crippen LogP) is 5.04. The van der Waals surface area contributed by atoms with Crippen LogP contribution in [0.4, 0.5) is 0 Å². The van der Waals surface area contributed by atoms with E-state index in [-0.39, 0.29) is 23.4 Å². The van der Waals surface area contributed by atoms with E-state index >= 15 is 0 Å². The molecule has 4 rings (SSSR count). The second-order valence-electron chi connectivity index (χ2n) is 8.58. The van der Waals surface area contributed by atoms with E-state index in [2.05, 4.69) is 15.4 Å². The van der Waals surface area contributed by atoms with Crippen LogP contribution in [0.15, 0.2) is 71.3 Å². The summed E-state index contributed by atoms with van der Waals surface area (Å²) in [4.78, 5) is 28.6. The minimum absolute atomic E-state index is 0.0696. The van der Waals surface area contributed by atoms with Crippen molar-refractivity contribution in [2.45, 2.75) is 45.9 Å². The fourth-order valence-corrected chi connectivity index (χ4v) is 3.89. The number of carbonyl (C=O) groups excluding carboxylic acids is 1. The summed E-state index contributed by atoms with van der Waals surface area (Å²) in [6.07, 6.45) is 3.07. The second kappa shape index (κ2) is 12.1. The van der Waals surface area contributed by atoms with Crippen LogP contribution in [-0.2, 0) is 17.9 Å². The first kappa shape index (κ1) is 25.8. The van der Waals surface area contributed by atoms with Crippen LogP contribution in [0.3, 0.4) is 0 Å². The van der Waals surface area contributed by atoms with Gasteiger partial charge >= 0.3 is 5.97 Å². The summed E-state index contributed by atoms with van der Waals surface area (Å²) in [6, 6.07) is 18.6. The zero-order valence-electron chi connectivity index (χ0n) is 20.9. The number of carboxylic acids is 1. The van der Waals surface area contributed by atoms with Crippen LogP contribution in [-0.4, -0.2) is 44.4 Å². The van der Waals surface area contributed by atoms with Crippen molar-refractivity contribution in [3.8, 4) is 22.7 Å². The van der Waals surface area contributed by atoms with E-state index in [1.165, 1.54) is 16.9 Å². The number of rotatable bonds is 12. The number of carboxylic acid groups (broad SMARTS) is 1. The average Bonchev–Trinajstić information content (AvgIpc) is 3.59. The summed E-state index contributed by atoms with van der Waals surface area (Å²) in [5, 5.41) is 17.1. The summed E-state index contributed by atoms with van der Waals surface area (Å²) in [7, 11) is 0. The smallest absolute Gasteiger partial charge is 0.354 e. The van der Waals surface area contributed by atoms with E-state index < -0.39 is 5.97 Å². The largest absolute Gasteiger partial charge is 0.477 e. The van der Waals surface area contributed by atoms with Gasteiger partial charge in [-0.3, -0.25) is 9.48 Å². The van der Waals surface area contributed by atoms with Crippen molar-refractivity contribution in [3.05, 3.63) is 83.9 Å².